The third kappa shape index (κ3) is 4.83. The van der Waals surface area contributed by atoms with Crippen LogP contribution < -0.4 is 5.32 Å². The molecule has 0 saturated carbocycles. The molecule has 0 aliphatic carbocycles. The van der Waals surface area contributed by atoms with Crippen molar-refractivity contribution in [1.82, 2.24) is 5.32 Å². The van der Waals surface area contributed by atoms with Gasteiger partial charge in [0.1, 0.15) is 0 Å². The molecule has 1 N–H and O–H groups in total. The average Bonchev–Trinajstić information content (AvgIpc) is 2.66. The quantitative estimate of drug-likeness (QED) is 0.417. The number of thioether (sulfide) groups is 3. The normalized spacial score (nSPS) is 16.3. The second-order valence-corrected chi connectivity index (χ2v) is 8.25. The van der Waals surface area contributed by atoms with Gasteiger partial charge >= 0.3 is 0 Å². The summed E-state index contributed by atoms with van der Waals surface area (Å²) >= 11 is 9.13. The number of hydrogen-bond acceptors (Lipinski definition) is 7. The molecule has 1 heterocycles. The van der Waals surface area contributed by atoms with E-state index in [1.165, 1.54) is 27.8 Å². The van der Waals surface area contributed by atoms with Crippen molar-refractivity contribution in [2.45, 2.75) is 15.2 Å². The minimum Gasteiger partial charge on any atom is -0.313 e. The second-order valence-electron chi connectivity index (χ2n) is 5.12. The zero-order valence-electron chi connectivity index (χ0n) is 14.3. The first-order chi connectivity index (χ1) is 12.7. The van der Waals surface area contributed by atoms with Crippen LogP contribution >= 0.6 is 47.9 Å². The Hall–Kier alpha value is -1.46. The van der Waals surface area contributed by atoms with Crippen LogP contribution in [0.2, 0.25) is 0 Å². The van der Waals surface area contributed by atoms with Crippen molar-refractivity contribution in [3.8, 4) is 23.1 Å². The van der Waals surface area contributed by atoms with Crippen LogP contribution in [0.4, 0.5) is 0 Å². The van der Waals surface area contributed by atoms with Gasteiger partial charge in [-0.1, -0.05) is 54.2 Å². The van der Waals surface area contributed by atoms with E-state index in [0.29, 0.717) is 5.17 Å². The minimum absolute atomic E-state index is 0.358. The lowest BCUT2D eigenvalue weighted by atomic mass is 10.1. The molecule has 3 nitrogen and oxygen atoms in total. The molecule has 26 heavy (non-hydrogen) atoms. The fraction of sp³-hybridized carbons (Fsp3) is 0.158. The fourth-order valence-corrected chi connectivity index (χ4v) is 4.92. The Morgan fingerprint density at radius 2 is 1.81 bits per heavy atom. The van der Waals surface area contributed by atoms with Gasteiger partial charge < -0.3 is 5.32 Å². The van der Waals surface area contributed by atoms with Crippen molar-refractivity contribution in [1.29, 1.82) is 0 Å². The van der Waals surface area contributed by atoms with Crippen LogP contribution in [0, 0.1) is 12.0 Å². The molecule has 3 rings (SSSR count). The lowest BCUT2D eigenvalue weighted by Gasteiger charge is -2.15. The molecule has 7 heteroatoms. The molecule has 2 aromatic carbocycles. The van der Waals surface area contributed by atoms with E-state index in [1.807, 2.05) is 12.3 Å². The van der Waals surface area contributed by atoms with Gasteiger partial charge in [-0.25, -0.2) is 4.99 Å². The molecule has 1 aliphatic heterocycles. The molecular weight excluding hydrogens is 398 g/mol. The Morgan fingerprint density at radius 1 is 1.00 bits per heavy atom. The van der Waals surface area contributed by atoms with Crippen LogP contribution in [-0.4, -0.2) is 28.2 Å². The maximum Gasteiger partial charge on any atom is 0.181 e. The Labute approximate surface area is 172 Å². The number of amidine groups is 2. The maximum absolute atomic E-state index is 4.41. The number of aliphatic imine (C=N–C) groups is 2. The first-order valence-electron chi connectivity index (χ1n) is 7.76. The molecule has 0 amide bonds. The SMILES string of the molecule is CSC1=NC(S)C#CN=C(Sc2cccc(-c3ccccc3)c2SC)N1. The Balaban J connectivity index is 1.95. The summed E-state index contributed by atoms with van der Waals surface area (Å²) in [4.78, 5) is 11.1. The summed E-state index contributed by atoms with van der Waals surface area (Å²) in [5.74, 6) is 2.90. The molecule has 132 valence electrons. The number of hydrogen-bond donors (Lipinski definition) is 2. The summed E-state index contributed by atoms with van der Waals surface area (Å²) in [6, 6.07) is 19.5. The smallest absolute Gasteiger partial charge is 0.181 e. The molecule has 0 spiro atoms. The van der Waals surface area contributed by atoms with Gasteiger partial charge in [-0.15, -0.1) is 24.4 Å². The Bertz CT molecular complexity index is 898. The minimum atomic E-state index is -0.358. The molecular formula is C19H17N3S4. The highest BCUT2D eigenvalue weighted by Gasteiger charge is 2.14. The predicted molar refractivity (Wildman–Crippen MR) is 122 cm³/mol. The first kappa shape index (κ1) is 19.3. The summed E-state index contributed by atoms with van der Waals surface area (Å²) in [5.41, 5.74) is 2.42. The molecule has 0 radical (unpaired) electrons. The van der Waals surface area contributed by atoms with Gasteiger partial charge in [0.2, 0.25) is 0 Å². The third-order valence-electron chi connectivity index (χ3n) is 3.47. The van der Waals surface area contributed by atoms with Gasteiger partial charge in [0, 0.05) is 15.8 Å². The number of thiol groups is 1. The van der Waals surface area contributed by atoms with Crippen LogP contribution in [0.5, 0.6) is 0 Å². The van der Waals surface area contributed by atoms with Gasteiger partial charge in [0.15, 0.2) is 15.7 Å². The van der Waals surface area contributed by atoms with Crippen molar-refractivity contribution >= 4 is 58.2 Å². The molecule has 0 bridgehead atoms. The lowest BCUT2D eigenvalue weighted by molar-refractivity contribution is 1.18. The predicted octanol–water partition coefficient (Wildman–Crippen LogP) is 5.06. The van der Waals surface area contributed by atoms with Gasteiger partial charge in [-0.2, -0.15) is 4.99 Å². The highest BCUT2D eigenvalue weighted by atomic mass is 32.2. The van der Waals surface area contributed by atoms with Crippen molar-refractivity contribution in [3.63, 3.8) is 0 Å². The first-order valence-corrected chi connectivity index (χ1v) is 11.5. The van der Waals surface area contributed by atoms with Crippen LogP contribution in [0.3, 0.4) is 0 Å². The average molecular weight is 416 g/mol. The highest BCUT2D eigenvalue weighted by Crippen LogP contribution is 2.38. The molecule has 2 aromatic rings. The molecule has 1 atom stereocenters. The molecule has 1 aliphatic rings. The van der Waals surface area contributed by atoms with Crippen LogP contribution in [0.1, 0.15) is 0 Å². The summed E-state index contributed by atoms with van der Waals surface area (Å²) in [6.45, 7) is 0. The van der Waals surface area contributed by atoms with Crippen LogP contribution in [-0.2, 0) is 0 Å². The van der Waals surface area contributed by atoms with Gasteiger partial charge in [0.25, 0.3) is 0 Å². The third-order valence-corrected chi connectivity index (χ3v) is 6.24. The topological polar surface area (TPSA) is 36.8 Å². The van der Waals surface area contributed by atoms with Gasteiger partial charge in [-0.05, 0) is 47.4 Å². The number of rotatable bonds is 3. The van der Waals surface area contributed by atoms with Crippen molar-refractivity contribution in [2.75, 3.05) is 12.5 Å². The standard InChI is InChI=1S/C19H17N3S4/c1-24-17-14(13-7-4-3-5-8-13)9-6-10-15(17)26-18-20-12-11-16(23)21-19(22-18)25-2/h3-10,16,23H,1-2H3,(H,20,21,22). The van der Waals surface area contributed by atoms with Crippen molar-refractivity contribution < 1.29 is 0 Å². The van der Waals surface area contributed by atoms with E-state index >= 15 is 0 Å². The van der Waals surface area contributed by atoms with E-state index < -0.39 is 0 Å². The zero-order valence-corrected chi connectivity index (χ0v) is 17.6. The Morgan fingerprint density at radius 3 is 2.54 bits per heavy atom. The summed E-state index contributed by atoms with van der Waals surface area (Å²) in [6.07, 6.45) is 4.06. The molecule has 1 unspecified atom stereocenters. The lowest BCUT2D eigenvalue weighted by Crippen LogP contribution is -2.27. The Kier molecular flexibility index (Phi) is 7.03. The number of nitrogens with one attached hydrogen (secondary N) is 1. The summed E-state index contributed by atoms with van der Waals surface area (Å²) in [7, 11) is 0. The van der Waals surface area contributed by atoms with E-state index in [2.05, 4.69) is 88.6 Å². The van der Waals surface area contributed by atoms with Crippen LogP contribution in [0.25, 0.3) is 11.1 Å². The second kappa shape index (κ2) is 9.47. The van der Waals surface area contributed by atoms with Gasteiger partial charge in [0.05, 0.1) is 0 Å². The monoisotopic (exact) mass is 415 g/mol. The molecule has 0 fully saturated rings. The largest absolute Gasteiger partial charge is 0.313 e. The zero-order chi connectivity index (χ0) is 18.4. The van der Waals surface area contributed by atoms with E-state index in [-0.39, 0.29) is 5.37 Å². The molecule has 0 aromatic heterocycles. The van der Waals surface area contributed by atoms with E-state index in [1.54, 1.807) is 23.5 Å². The molecule has 0 saturated heterocycles. The van der Waals surface area contributed by atoms with Crippen molar-refractivity contribution in [3.05, 3.63) is 48.5 Å². The summed E-state index contributed by atoms with van der Waals surface area (Å²) in [5, 5.41) is 4.38. The van der Waals surface area contributed by atoms with E-state index in [0.717, 1.165) is 10.1 Å². The number of benzene rings is 2. The van der Waals surface area contributed by atoms with E-state index in [9.17, 15) is 0 Å². The highest BCUT2D eigenvalue weighted by molar-refractivity contribution is 8.15. The van der Waals surface area contributed by atoms with Crippen LogP contribution in [0.15, 0.2) is 68.3 Å². The van der Waals surface area contributed by atoms with Crippen molar-refractivity contribution in [2.24, 2.45) is 9.98 Å². The van der Waals surface area contributed by atoms with Gasteiger partial charge in [-0.3, -0.25) is 0 Å². The number of nitrogens with zero attached hydrogens (tertiary/aromatic N) is 2. The fourth-order valence-electron chi connectivity index (χ4n) is 2.34. The maximum atomic E-state index is 4.41. The summed E-state index contributed by atoms with van der Waals surface area (Å²) < 4.78 is 0. The van der Waals surface area contributed by atoms with E-state index in [4.69, 9.17) is 0 Å².